The van der Waals surface area contributed by atoms with Crippen molar-refractivity contribution in [3.63, 3.8) is 0 Å². The number of methoxy groups -OCH3 is 1. The van der Waals surface area contributed by atoms with E-state index in [0.717, 1.165) is 30.2 Å². The molecule has 1 aliphatic rings. The normalized spacial score (nSPS) is 17.0. The van der Waals surface area contributed by atoms with Gasteiger partial charge in [0.1, 0.15) is 17.6 Å². The van der Waals surface area contributed by atoms with Gasteiger partial charge in [0.05, 0.1) is 7.11 Å². The van der Waals surface area contributed by atoms with Gasteiger partial charge < -0.3 is 19.5 Å². The van der Waals surface area contributed by atoms with Crippen LogP contribution in [-0.2, 0) is 18.3 Å². The lowest BCUT2D eigenvalue weighted by atomic mass is 10.1. The summed E-state index contributed by atoms with van der Waals surface area (Å²) in [6, 6.07) is 7.85. The number of carbonyl (C=O) groups excluding carboxylic acids is 1. The highest BCUT2D eigenvalue weighted by atomic mass is 35.5. The Morgan fingerprint density at radius 1 is 1.40 bits per heavy atom. The number of carbonyl (C=O) groups is 1. The first-order chi connectivity index (χ1) is 11.7. The Kier molecular flexibility index (Phi) is 6.84. The van der Waals surface area contributed by atoms with Crippen molar-refractivity contribution in [1.82, 2.24) is 19.8 Å². The van der Waals surface area contributed by atoms with E-state index in [4.69, 9.17) is 4.74 Å². The van der Waals surface area contributed by atoms with Crippen molar-refractivity contribution in [1.29, 1.82) is 0 Å². The molecule has 2 aromatic rings. The number of para-hydroxylation sites is 1. The minimum atomic E-state index is -0.0103. The van der Waals surface area contributed by atoms with Crippen LogP contribution in [-0.4, -0.2) is 47.1 Å². The molecule has 1 unspecified atom stereocenters. The fraction of sp³-hybridized carbons (Fsp3) is 0.444. The van der Waals surface area contributed by atoms with Crippen LogP contribution in [0.1, 0.15) is 23.9 Å². The minimum Gasteiger partial charge on any atom is -0.496 e. The first-order valence-corrected chi connectivity index (χ1v) is 8.30. The maximum absolute atomic E-state index is 12.8. The summed E-state index contributed by atoms with van der Waals surface area (Å²) < 4.78 is 7.35. The van der Waals surface area contributed by atoms with E-state index < -0.39 is 0 Å². The van der Waals surface area contributed by atoms with Crippen LogP contribution in [0.15, 0.2) is 36.7 Å². The minimum absolute atomic E-state index is 0. The van der Waals surface area contributed by atoms with Gasteiger partial charge in [0.2, 0.25) is 5.91 Å². The Morgan fingerprint density at radius 3 is 2.92 bits per heavy atom. The van der Waals surface area contributed by atoms with E-state index in [2.05, 4.69) is 10.3 Å². The van der Waals surface area contributed by atoms with Crippen LogP contribution >= 0.6 is 12.4 Å². The molecule has 1 N–H and O–H groups in total. The Labute approximate surface area is 154 Å². The highest BCUT2D eigenvalue weighted by molar-refractivity contribution is 5.85. The Morgan fingerprint density at radius 2 is 2.20 bits per heavy atom. The van der Waals surface area contributed by atoms with Gasteiger partial charge in [-0.3, -0.25) is 4.79 Å². The number of ether oxygens (including phenoxy) is 1. The average molecular weight is 365 g/mol. The van der Waals surface area contributed by atoms with Crippen LogP contribution in [0.4, 0.5) is 0 Å². The summed E-state index contributed by atoms with van der Waals surface area (Å²) in [4.78, 5) is 19.2. The Balaban J connectivity index is 0.00000225. The van der Waals surface area contributed by atoms with Crippen LogP contribution in [0, 0.1) is 0 Å². The Bertz CT molecular complexity index is 704. The summed E-state index contributed by atoms with van der Waals surface area (Å²) >= 11 is 0. The molecule has 136 valence electrons. The summed E-state index contributed by atoms with van der Waals surface area (Å²) in [5, 5.41) is 3.36. The second-order valence-corrected chi connectivity index (χ2v) is 6.02. The zero-order chi connectivity index (χ0) is 16.9. The van der Waals surface area contributed by atoms with Crippen molar-refractivity contribution in [2.24, 2.45) is 7.05 Å². The van der Waals surface area contributed by atoms with Gasteiger partial charge in [0, 0.05) is 45.5 Å². The molecular weight excluding hydrogens is 340 g/mol. The fourth-order valence-electron chi connectivity index (χ4n) is 3.23. The number of nitrogens with zero attached hydrogens (tertiary/aromatic N) is 3. The first kappa shape index (κ1) is 19.3. The maximum Gasteiger partial charge on any atom is 0.223 e. The molecule has 0 bridgehead atoms. The topological polar surface area (TPSA) is 59.4 Å². The highest BCUT2D eigenvalue weighted by Gasteiger charge is 2.30. The lowest BCUT2D eigenvalue weighted by Gasteiger charge is -2.36. The standard InChI is InChI=1S/C18H24N4O2.ClH/c1-21-11-10-20-18(21)15-13-19-9-12-22(15)17(23)8-7-14-5-3-4-6-16(14)24-2;/h3-6,10-11,15,19H,7-9,12-13H2,1-2H3;1H. The molecule has 7 heteroatoms. The monoisotopic (exact) mass is 364 g/mol. The number of hydrogen-bond acceptors (Lipinski definition) is 4. The number of halogens is 1. The van der Waals surface area contributed by atoms with Gasteiger partial charge in [-0.25, -0.2) is 4.98 Å². The van der Waals surface area contributed by atoms with Crippen LogP contribution in [0.25, 0.3) is 0 Å². The Hall–Kier alpha value is -2.05. The van der Waals surface area contributed by atoms with Gasteiger partial charge in [-0.15, -0.1) is 12.4 Å². The van der Waals surface area contributed by atoms with Gasteiger partial charge in [-0.05, 0) is 18.1 Å². The third-order valence-electron chi connectivity index (χ3n) is 4.52. The molecule has 1 fully saturated rings. The number of nitrogens with one attached hydrogen (secondary N) is 1. The lowest BCUT2D eigenvalue weighted by molar-refractivity contribution is -0.134. The molecule has 0 saturated carbocycles. The van der Waals surface area contributed by atoms with Crippen molar-refractivity contribution < 1.29 is 9.53 Å². The zero-order valence-corrected chi connectivity index (χ0v) is 15.5. The highest BCUT2D eigenvalue weighted by Crippen LogP contribution is 2.23. The van der Waals surface area contributed by atoms with E-state index in [1.54, 1.807) is 13.3 Å². The van der Waals surface area contributed by atoms with Gasteiger partial charge in [-0.1, -0.05) is 18.2 Å². The molecule has 1 aromatic carbocycles. The number of aromatic nitrogens is 2. The summed E-state index contributed by atoms with van der Waals surface area (Å²) in [6.07, 6.45) is 4.85. The number of aryl methyl sites for hydroxylation is 2. The molecule has 1 saturated heterocycles. The van der Waals surface area contributed by atoms with Gasteiger partial charge in [0.25, 0.3) is 0 Å². The van der Waals surface area contributed by atoms with Crippen molar-refractivity contribution in [3.8, 4) is 5.75 Å². The largest absolute Gasteiger partial charge is 0.496 e. The van der Waals surface area contributed by atoms with E-state index in [1.807, 2.05) is 47.0 Å². The van der Waals surface area contributed by atoms with Crippen molar-refractivity contribution in [2.45, 2.75) is 18.9 Å². The molecule has 0 spiro atoms. The number of rotatable bonds is 5. The van der Waals surface area contributed by atoms with Crippen LogP contribution in [0.3, 0.4) is 0 Å². The second-order valence-electron chi connectivity index (χ2n) is 6.02. The molecule has 2 heterocycles. The molecule has 0 aliphatic carbocycles. The molecule has 3 rings (SSSR count). The molecule has 25 heavy (non-hydrogen) atoms. The molecule has 1 aromatic heterocycles. The molecular formula is C18H25ClN4O2. The first-order valence-electron chi connectivity index (χ1n) is 8.30. The molecule has 1 atom stereocenters. The molecule has 6 nitrogen and oxygen atoms in total. The number of piperazine rings is 1. The number of benzene rings is 1. The molecule has 1 aliphatic heterocycles. The fourth-order valence-corrected chi connectivity index (χ4v) is 3.23. The van der Waals surface area contributed by atoms with Crippen LogP contribution < -0.4 is 10.1 Å². The summed E-state index contributed by atoms with van der Waals surface area (Å²) in [5.74, 6) is 1.93. The van der Waals surface area contributed by atoms with Crippen LogP contribution in [0.2, 0.25) is 0 Å². The molecule has 1 amide bonds. The third-order valence-corrected chi connectivity index (χ3v) is 4.52. The van der Waals surface area contributed by atoms with Crippen molar-refractivity contribution >= 4 is 18.3 Å². The second kappa shape index (κ2) is 8.87. The van der Waals surface area contributed by atoms with Gasteiger partial charge >= 0.3 is 0 Å². The maximum atomic E-state index is 12.8. The van der Waals surface area contributed by atoms with E-state index in [1.165, 1.54) is 0 Å². The van der Waals surface area contributed by atoms with Gasteiger partial charge in [0.15, 0.2) is 0 Å². The van der Waals surface area contributed by atoms with E-state index in [-0.39, 0.29) is 24.4 Å². The average Bonchev–Trinajstić information content (AvgIpc) is 3.05. The lowest BCUT2D eigenvalue weighted by Crippen LogP contribution is -2.49. The number of imidazole rings is 1. The smallest absolute Gasteiger partial charge is 0.223 e. The predicted octanol–water partition coefficient (Wildman–Crippen LogP) is 1.96. The SMILES string of the molecule is COc1ccccc1CCC(=O)N1CCNCC1c1nccn1C.Cl. The zero-order valence-electron chi connectivity index (χ0n) is 14.6. The quantitative estimate of drug-likeness (QED) is 0.881. The van der Waals surface area contributed by atoms with E-state index in [0.29, 0.717) is 19.4 Å². The van der Waals surface area contributed by atoms with Crippen molar-refractivity contribution in [3.05, 3.63) is 48.0 Å². The van der Waals surface area contributed by atoms with Gasteiger partial charge in [-0.2, -0.15) is 0 Å². The van der Waals surface area contributed by atoms with E-state index in [9.17, 15) is 4.79 Å². The predicted molar refractivity (Wildman–Crippen MR) is 99.1 cm³/mol. The van der Waals surface area contributed by atoms with Crippen LogP contribution in [0.5, 0.6) is 5.75 Å². The summed E-state index contributed by atoms with van der Waals surface area (Å²) in [7, 11) is 3.63. The summed E-state index contributed by atoms with van der Waals surface area (Å²) in [6.45, 7) is 2.27. The third kappa shape index (κ3) is 4.32. The van der Waals surface area contributed by atoms with Crippen molar-refractivity contribution in [2.75, 3.05) is 26.7 Å². The molecule has 0 radical (unpaired) electrons. The summed E-state index contributed by atoms with van der Waals surface area (Å²) in [5.41, 5.74) is 1.07. The van der Waals surface area contributed by atoms with E-state index >= 15 is 0 Å². The number of amides is 1. The number of hydrogen-bond donors (Lipinski definition) is 1.